The summed E-state index contributed by atoms with van der Waals surface area (Å²) in [5, 5.41) is 14.8. The first-order valence-electron chi connectivity index (χ1n) is 8.66. The van der Waals surface area contributed by atoms with E-state index in [9.17, 15) is 4.79 Å². The maximum Gasteiger partial charge on any atom is 0.274 e. The Bertz CT molecular complexity index is 891. The summed E-state index contributed by atoms with van der Waals surface area (Å²) in [5.74, 6) is 1.33. The van der Waals surface area contributed by atoms with Gasteiger partial charge in [-0.1, -0.05) is 0 Å². The summed E-state index contributed by atoms with van der Waals surface area (Å²) in [6.07, 6.45) is 3.12. The van der Waals surface area contributed by atoms with Crippen molar-refractivity contribution in [3.8, 4) is 23.2 Å². The molecule has 1 atom stereocenters. The van der Waals surface area contributed by atoms with Crippen molar-refractivity contribution in [2.45, 2.75) is 18.9 Å². The van der Waals surface area contributed by atoms with Gasteiger partial charge >= 0.3 is 0 Å². The number of aromatic nitrogens is 4. The zero-order valence-corrected chi connectivity index (χ0v) is 14.8. The van der Waals surface area contributed by atoms with Crippen LogP contribution in [-0.2, 0) is 0 Å². The highest BCUT2D eigenvalue weighted by atomic mass is 16.5. The molecule has 1 amide bonds. The first-order valence-corrected chi connectivity index (χ1v) is 8.66. The molecule has 27 heavy (non-hydrogen) atoms. The normalized spacial score (nSPS) is 16.9. The van der Waals surface area contributed by atoms with E-state index in [1.165, 1.54) is 7.11 Å². The van der Waals surface area contributed by atoms with Crippen LogP contribution < -0.4 is 9.47 Å². The molecule has 9 nitrogen and oxygen atoms in total. The highest BCUT2D eigenvalue weighted by Crippen LogP contribution is 2.21. The largest absolute Gasteiger partial charge is 0.480 e. The molecule has 1 aliphatic heterocycles. The molecule has 9 heteroatoms. The van der Waals surface area contributed by atoms with Gasteiger partial charge in [-0.25, -0.2) is 0 Å². The summed E-state index contributed by atoms with van der Waals surface area (Å²) >= 11 is 0. The average molecular weight is 369 g/mol. The second-order valence-corrected chi connectivity index (χ2v) is 6.19. The van der Waals surface area contributed by atoms with Crippen molar-refractivity contribution in [3.63, 3.8) is 0 Å². The maximum absolute atomic E-state index is 12.8. The van der Waals surface area contributed by atoms with Gasteiger partial charge < -0.3 is 18.8 Å². The van der Waals surface area contributed by atoms with Crippen LogP contribution in [0.4, 0.5) is 0 Å². The van der Waals surface area contributed by atoms with E-state index in [0.29, 0.717) is 42.0 Å². The molecule has 1 N–H and O–H groups in total. The molecule has 140 valence electrons. The van der Waals surface area contributed by atoms with Crippen LogP contribution >= 0.6 is 0 Å². The van der Waals surface area contributed by atoms with E-state index in [1.54, 1.807) is 35.4 Å². The number of carbonyl (C=O) groups excluding carboxylic acids is 1. The summed E-state index contributed by atoms with van der Waals surface area (Å²) in [4.78, 5) is 14.5. The highest BCUT2D eigenvalue weighted by molar-refractivity contribution is 5.93. The molecule has 1 aliphatic rings. The summed E-state index contributed by atoms with van der Waals surface area (Å²) in [7, 11) is 1.53. The number of hydrogen-bond donors (Lipinski definition) is 1. The fourth-order valence-electron chi connectivity index (χ4n) is 3.02. The van der Waals surface area contributed by atoms with Crippen molar-refractivity contribution in [1.29, 1.82) is 0 Å². The molecule has 0 radical (unpaired) electrons. The van der Waals surface area contributed by atoms with Crippen LogP contribution in [0, 0.1) is 0 Å². The summed E-state index contributed by atoms with van der Waals surface area (Å²) in [5.41, 5.74) is 1.02. The zero-order valence-electron chi connectivity index (χ0n) is 14.8. The standard InChI is InChI=1S/C18H19N5O4/c1-25-16-6-7-17(22-21-16)27-12-4-2-8-23(11-12)18(24)14-10-13(19-20-14)15-5-3-9-26-15/h3,5-7,9-10,12H,2,4,8,11H2,1H3,(H,19,20). The molecule has 0 bridgehead atoms. The molecule has 4 heterocycles. The molecule has 1 saturated heterocycles. The second kappa shape index (κ2) is 7.48. The van der Waals surface area contributed by atoms with Crippen LogP contribution in [-0.4, -0.2) is 57.5 Å². The minimum atomic E-state index is -0.145. The summed E-state index contributed by atoms with van der Waals surface area (Å²) in [6, 6.07) is 8.68. The molecule has 0 spiro atoms. The van der Waals surface area contributed by atoms with Gasteiger partial charge in [-0.05, 0) is 25.0 Å². The lowest BCUT2D eigenvalue weighted by molar-refractivity contribution is 0.0520. The average Bonchev–Trinajstić information content (AvgIpc) is 3.40. The molecule has 4 rings (SSSR count). The smallest absolute Gasteiger partial charge is 0.274 e. The monoisotopic (exact) mass is 369 g/mol. The van der Waals surface area contributed by atoms with Crippen LogP contribution in [0.2, 0.25) is 0 Å². The van der Waals surface area contributed by atoms with E-state index in [0.717, 1.165) is 12.8 Å². The zero-order chi connectivity index (χ0) is 18.6. The fourth-order valence-corrected chi connectivity index (χ4v) is 3.02. The minimum absolute atomic E-state index is 0.141. The predicted molar refractivity (Wildman–Crippen MR) is 94.4 cm³/mol. The Kier molecular flexibility index (Phi) is 4.73. The number of likely N-dealkylation sites (tertiary alicyclic amines) is 1. The third-order valence-corrected chi connectivity index (χ3v) is 4.36. The van der Waals surface area contributed by atoms with Crippen LogP contribution in [0.1, 0.15) is 23.3 Å². The summed E-state index contributed by atoms with van der Waals surface area (Å²) in [6.45, 7) is 1.13. The number of ether oxygens (including phenoxy) is 2. The molecule has 0 aliphatic carbocycles. The van der Waals surface area contributed by atoms with E-state index in [-0.39, 0.29) is 12.0 Å². The summed E-state index contributed by atoms with van der Waals surface area (Å²) < 4.78 is 16.2. The third kappa shape index (κ3) is 3.76. The van der Waals surface area contributed by atoms with Gasteiger partial charge in [0, 0.05) is 24.7 Å². The SMILES string of the molecule is COc1ccc(OC2CCCN(C(=O)c3cc(-c4ccco4)[nH]n3)C2)nn1. The van der Waals surface area contributed by atoms with Gasteiger partial charge in [0.25, 0.3) is 5.91 Å². The number of carbonyl (C=O) groups is 1. The van der Waals surface area contributed by atoms with Crippen molar-refractivity contribution in [2.75, 3.05) is 20.2 Å². The number of nitrogens with zero attached hydrogens (tertiary/aromatic N) is 4. The van der Waals surface area contributed by atoms with E-state index in [4.69, 9.17) is 13.9 Å². The van der Waals surface area contributed by atoms with Gasteiger partial charge in [0.1, 0.15) is 11.8 Å². The second-order valence-electron chi connectivity index (χ2n) is 6.19. The van der Waals surface area contributed by atoms with E-state index < -0.39 is 0 Å². The van der Waals surface area contributed by atoms with Gasteiger partial charge in [0.2, 0.25) is 11.8 Å². The maximum atomic E-state index is 12.8. The van der Waals surface area contributed by atoms with Crippen molar-refractivity contribution < 1.29 is 18.7 Å². The molecular weight excluding hydrogens is 350 g/mol. The molecule has 3 aromatic rings. The van der Waals surface area contributed by atoms with Gasteiger partial charge in [-0.3, -0.25) is 9.89 Å². The number of nitrogens with one attached hydrogen (secondary N) is 1. The van der Waals surface area contributed by atoms with Crippen LogP contribution in [0.25, 0.3) is 11.5 Å². The Morgan fingerprint density at radius 2 is 2.15 bits per heavy atom. The van der Waals surface area contributed by atoms with Crippen LogP contribution in [0.3, 0.4) is 0 Å². The van der Waals surface area contributed by atoms with E-state index in [2.05, 4.69) is 20.4 Å². The number of aromatic amines is 1. The molecule has 1 unspecified atom stereocenters. The van der Waals surface area contributed by atoms with Gasteiger partial charge in [-0.15, -0.1) is 10.2 Å². The van der Waals surface area contributed by atoms with Gasteiger partial charge in [0.05, 0.1) is 19.9 Å². The molecule has 1 fully saturated rings. The molecule has 0 aromatic carbocycles. The van der Waals surface area contributed by atoms with Crippen LogP contribution in [0.5, 0.6) is 11.8 Å². The number of piperidine rings is 1. The Morgan fingerprint density at radius 3 is 2.89 bits per heavy atom. The first-order chi connectivity index (χ1) is 13.2. The van der Waals surface area contributed by atoms with Gasteiger partial charge in [-0.2, -0.15) is 5.10 Å². The quantitative estimate of drug-likeness (QED) is 0.734. The van der Waals surface area contributed by atoms with E-state index in [1.807, 2.05) is 6.07 Å². The number of hydrogen-bond acceptors (Lipinski definition) is 7. The number of amides is 1. The van der Waals surface area contributed by atoms with Crippen LogP contribution in [0.15, 0.2) is 41.0 Å². The predicted octanol–water partition coefficient (Wildman–Crippen LogP) is 2.15. The third-order valence-electron chi connectivity index (χ3n) is 4.36. The van der Waals surface area contributed by atoms with Crippen molar-refractivity contribution in [3.05, 3.63) is 42.3 Å². The lowest BCUT2D eigenvalue weighted by atomic mass is 10.1. The van der Waals surface area contributed by atoms with Crippen molar-refractivity contribution >= 4 is 5.91 Å². The minimum Gasteiger partial charge on any atom is -0.480 e. The molecule has 0 saturated carbocycles. The number of rotatable bonds is 5. The number of methoxy groups -OCH3 is 1. The lowest BCUT2D eigenvalue weighted by Gasteiger charge is -2.32. The van der Waals surface area contributed by atoms with Gasteiger partial charge in [0.15, 0.2) is 11.5 Å². The fraction of sp³-hybridized carbons (Fsp3) is 0.333. The first kappa shape index (κ1) is 17.1. The Hall–Kier alpha value is -3.36. The Balaban J connectivity index is 1.40. The highest BCUT2D eigenvalue weighted by Gasteiger charge is 2.27. The number of H-pyrrole nitrogens is 1. The topological polar surface area (TPSA) is 106 Å². The lowest BCUT2D eigenvalue weighted by Crippen LogP contribution is -2.44. The Morgan fingerprint density at radius 1 is 1.30 bits per heavy atom. The Labute approximate surface area is 155 Å². The molecular formula is C18H19N5O4. The van der Waals surface area contributed by atoms with Crippen molar-refractivity contribution in [1.82, 2.24) is 25.3 Å². The molecule has 3 aromatic heterocycles. The van der Waals surface area contributed by atoms with Crippen molar-refractivity contribution in [2.24, 2.45) is 0 Å². The van der Waals surface area contributed by atoms with E-state index >= 15 is 0 Å². The number of furan rings is 1.